The lowest BCUT2D eigenvalue weighted by Gasteiger charge is -2.30. The van der Waals surface area contributed by atoms with Gasteiger partial charge in [0, 0.05) is 13.0 Å². The van der Waals surface area contributed by atoms with E-state index in [1.54, 1.807) is 0 Å². The summed E-state index contributed by atoms with van der Waals surface area (Å²) in [7, 11) is -1.98. The average molecular weight is 222 g/mol. The number of rotatable bonds is 1. The van der Waals surface area contributed by atoms with Crippen molar-refractivity contribution in [3.05, 3.63) is 0 Å². The molecular formula is C8H15O5P. The Labute approximate surface area is 83.3 Å². The van der Waals surface area contributed by atoms with Gasteiger partial charge in [-0.15, -0.1) is 0 Å². The van der Waals surface area contributed by atoms with E-state index in [0.717, 1.165) is 0 Å². The van der Waals surface area contributed by atoms with Gasteiger partial charge in [-0.25, -0.2) is 4.57 Å². The van der Waals surface area contributed by atoms with E-state index in [4.69, 9.17) is 18.3 Å². The number of hydrogen-bond donors (Lipinski definition) is 0. The van der Waals surface area contributed by atoms with Gasteiger partial charge < -0.3 is 4.74 Å². The lowest BCUT2D eigenvalue weighted by atomic mass is 10.00. The van der Waals surface area contributed by atoms with Crippen LogP contribution in [0.1, 0.15) is 13.8 Å². The number of hydrogen-bond acceptors (Lipinski definition) is 5. The van der Waals surface area contributed by atoms with Crippen molar-refractivity contribution in [2.24, 2.45) is 5.92 Å². The molecule has 0 radical (unpaired) electrons. The highest BCUT2D eigenvalue weighted by atomic mass is 31.2. The Kier molecular flexibility index (Phi) is 2.70. The van der Waals surface area contributed by atoms with E-state index in [1.807, 2.05) is 13.8 Å². The van der Waals surface area contributed by atoms with E-state index in [2.05, 4.69) is 0 Å². The third-order valence-electron chi connectivity index (χ3n) is 2.89. The van der Waals surface area contributed by atoms with Crippen LogP contribution in [0.15, 0.2) is 0 Å². The molecule has 2 saturated heterocycles. The molecule has 2 fully saturated rings. The van der Waals surface area contributed by atoms with Gasteiger partial charge in [0.15, 0.2) is 0 Å². The first kappa shape index (κ1) is 10.6. The molecule has 0 aromatic rings. The molecule has 2 aliphatic rings. The van der Waals surface area contributed by atoms with Crippen LogP contribution < -0.4 is 0 Å². The van der Waals surface area contributed by atoms with Gasteiger partial charge in [0.05, 0.1) is 12.7 Å². The van der Waals surface area contributed by atoms with Crippen molar-refractivity contribution >= 4 is 7.82 Å². The van der Waals surface area contributed by atoms with E-state index < -0.39 is 7.82 Å². The minimum Gasteiger partial charge on any atom is -0.370 e. The van der Waals surface area contributed by atoms with Crippen LogP contribution >= 0.6 is 7.82 Å². The fraction of sp³-hybridized carbons (Fsp3) is 1.00. The van der Waals surface area contributed by atoms with Crippen LogP contribution in [0.3, 0.4) is 0 Å². The maximum absolute atomic E-state index is 11.7. The van der Waals surface area contributed by atoms with Crippen molar-refractivity contribution in [1.29, 1.82) is 0 Å². The van der Waals surface area contributed by atoms with E-state index >= 15 is 0 Å². The van der Waals surface area contributed by atoms with Crippen molar-refractivity contribution < 1.29 is 22.9 Å². The Morgan fingerprint density at radius 1 is 1.43 bits per heavy atom. The molecule has 0 amide bonds. The van der Waals surface area contributed by atoms with E-state index in [0.29, 0.717) is 0 Å². The smallest absolute Gasteiger partial charge is 0.370 e. The van der Waals surface area contributed by atoms with Gasteiger partial charge in [-0.1, -0.05) is 6.92 Å². The normalized spacial score (nSPS) is 53.1. The molecule has 5 nitrogen and oxygen atoms in total. The van der Waals surface area contributed by atoms with Gasteiger partial charge >= 0.3 is 7.82 Å². The van der Waals surface area contributed by atoms with Gasteiger partial charge in [0.25, 0.3) is 0 Å². The Hall–Kier alpha value is 0.0700. The summed E-state index contributed by atoms with van der Waals surface area (Å²) in [6, 6.07) is 0. The Morgan fingerprint density at radius 2 is 2.14 bits per heavy atom. The van der Waals surface area contributed by atoms with Crippen LogP contribution in [0.25, 0.3) is 0 Å². The standard InChI is InChI=1S/C8H15O5P/c1-5-6(2)12-7-4-11-14(9,10-3)13-8(5)7/h5-8H,4H2,1-3H3/t5?,6-,7+,8-,14+/m0/s1. The fourth-order valence-electron chi connectivity index (χ4n) is 1.82. The lowest BCUT2D eigenvalue weighted by Crippen LogP contribution is -2.36. The van der Waals surface area contributed by atoms with Crippen molar-refractivity contribution in [1.82, 2.24) is 0 Å². The molecular weight excluding hydrogens is 207 g/mol. The second-order valence-electron chi connectivity index (χ2n) is 3.73. The Morgan fingerprint density at radius 3 is 2.79 bits per heavy atom. The number of fused-ring (bicyclic) bond motifs is 1. The Balaban J connectivity index is 2.12. The van der Waals surface area contributed by atoms with Gasteiger partial charge in [-0.05, 0) is 6.92 Å². The van der Waals surface area contributed by atoms with Gasteiger partial charge in [-0.2, -0.15) is 0 Å². The Bertz CT molecular complexity index is 268. The highest BCUT2D eigenvalue weighted by Crippen LogP contribution is 2.55. The van der Waals surface area contributed by atoms with Crippen LogP contribution in [0.2, 0.25) is 0 Å². The molecule has 0 bridgehead atoms. The molecule has 1 unspecified atom stereocenters. The molecule has 2 heterocycles. The largest absolute Gasteiger partial charge is 0.474 e. The van der Waals surface area contributed by atoms with Crippen molar-refractivity contribution in [2.75, 3.05) is 13.7 Å². The van der Waals surface area contributed by atoms with Gasteiger partial charge in [-0.3, -0.25) is 13.6 Å². The first-order valence-corrected chi connectivity index (χ1v) is 6.16. The summed E-state index contributed by atoms with van der Waals surface area (Å²) in [6.45, 7) is 4.27. The van der Waals surface area contributed by atoms with Crippen molar-refractivity contribution in [3.63, 3.8) is 0 Å². The molecule has 14 heavy (non-hydrogen) atoms. The summed E-state index contributed by atoms with van der Waals surface area (Å²) < 4.78 is 32.3. The molecule has 0 aliphatic carbocycles. The minimum absolute atomic E-state index is 0.108. The molecule has 2 rings (SSSR count). The van der Waals surface area contributed by atoms with Crippen LogP contribution in [0.4, 0.5) is 0 Å². The molecule has 0 N–H and O–H groups in total. The average Bonchev–Trinajstić information content (AvgIpc) is 2.44. The van der Waals surface area contributed by atoms with Crippen LogP contribution in [0.5, 0.6) is 0 Å². The molecule has 0 spiro atoms. The summed E-state index contributed by atoms with van der Waals surface area (Å²) >= 11 is 0. The maximum Gasteiger partial charge on any atom is 0.474 e. The molecule has 5 atom stereocenters. The highest BCUT2D eigenvalue weighted by Gasteiger charge is 2.49. The minimum atomic E-state index is -3.31. The zero-order valence-electron chi connectivity index (χ0n) is 8.50. The van der Waals surface area contributed by atoms with Crippen LogP contribution in [-0.2, 0) is 22.9 Å². The first-order valence-electron chi connectivity index (χ1n) is 4.70. The summed E-state index contributed by atoms with van der Waals surface area (Å²) in [4.78, 5) is 0. The quantitative estimate of drug-likeness (QED) is 0.630. The molecule has 82 valence electrons. The first-order chi connectivity index (χ1) is 6.56. The molecule has 0 aromatic heterocycles. The summed E-state index contributed by atoms with van der Waals surface area (Å²) in [5, 5.41) is 0. The zero-order chi connectivity index (χ0) is 10.3. The fourth-order valence-corrected chi connectivity index (χ4v) is 3.03. The summed E-state index contributed by atoms with van der Waals surface area (Å²) in [5.74, 6) is 0.215. The molecule has 2 aliphatic heterocycles. The number of phosphoric ester groups is 1. The van der Waals surface area contributed by atoms with Gasteiger partial charge in [0.2, 0.25) is 0 Å². The molecule has 0 saturated carbocycles. The summed E-state index contributed by atoms with van der Waals surface area (Å²) in [6.07, 6.45) is -0.182. The zero-order valence-corrected chi connectivity index (χ0v) is 9.40. The number of phosphoric acid groups is 1. The predicted octanol–water partition coefficient (Wildman–Crippen LogP) is 1.58. The summed E-state index contributed by atoms with van der Waals surface area (Å²) in [5.41, 5.74) is 0. The lowest BCUT2D eigenvalue weighted by molar-refractivity contribution is -0.0532. The van der Waals surface area contributed by atoms with Gasteiger partial charge in [0.1, 0.15) is 12.2 Å². The maximum atomic E-state index is 11.7. The topological polar surface area (TPSA) is 54.0 Å². The third-order valence-corrected chi connectivity index (χ3v) is 4.30. The van der Waals surface area contributed by atoms with Crippen LogP contribution in [-0.4, -0.2) is 32.0 Å². The second kappa shape index (κ2) is 3.58. The van der Waals surface area contributed by atoms with Crippen molar-refractivity contribution in [3.8, 4) is 0 Å². The highest BCUT2D eigenvalue weighted by molar-refractivity contribution is 7.48. The van der Waals surface area contributed by atoms with E-state index in [1.165, 1.54) is 7.11 Å². The second-order valence-corrected chi connectivity index (χ2v) is 5.46. The van der Waals surface area contributed by atoms with E-state index in [-0.39, 0.29) is 30.8 Å². The van der Waals surface area contributed by atoms with Crippen LogP contribution in [0, 0.1) is 5.92 Å². The number of ether oxygens (including phenoxy) is 1. The molecule has 6 heteroatoms. The molecule has 0 aromatic carbocycles. The predicted molar refractivity (Wildman–Crippen MR) is 48.9 cm³/mol. The van der Waals surface area contributed by atoms with Crippen molar-refractivity contribution in [2.45, 2.75) is 32.2 Å². The monoisotopic (exact) mass is 222 g/mol. The van der Waals surface area contributed by atoms with E-state index in [9.17, 15) is 4.57 Å². The third kappa shape index (κ3) is 1.64. The SMILES string of the molecule is CO[P@]1(=O)OC[C@H]2O[C@@H](C)C(C)[C@@H]2O1.